The van der Waals surface area contributed by atoms with E-state index in [0.717, 1.165) is 19.3 Å². The van der Waals surface area contributed by atoms with E-state index in [1.807, 2.05) is 0 Å². The first-order valence-corrected chi connectivity index (χ1v) is 7.61. The van der Waals surface area contributed by atoms with Crippen LogP contribution < -0.4 is 0 Å². The Balaban J connectivity index is 2.07. The van der Waals surface area contributed by atoms with Crippen molar-refractivity contribution in [2.75, 3.05) is 0 Å². The van der Waals surface area contributed by atoms with Crippen LogP contribution in [0.2, 0.25) is 10.0 Å². The fourth-order valence-corrected chi connectivity index (χ4v) is 3.71. The van der Waals surface area contributed by atoms with Gasteiger partial charge in [0.1, 0.15) is 0 Å². The first-order chi connectivity index (χ1) is 9.88. The van der Waals surface area contributed by atoms with Gasteiger partial charge in [-0.3, -0.25) is 4.79 Å². The molecule has 1 saturated carbocycles. The molecule has 1 spiro atoms. The highest BCUT2D eigenvalue weighted by Gasteiger charge is 2.65. The molecule has 4 nitrogen and oxygen atoms in total. The topological polar surface area (TPSA) is 63.6 Å². The maximum absolute atomic E-state index is 12.8. The minimum absolute atomic E-state index is 0.0671. The smallest absolute Gasteiger partial charge is 0.352 e. The number of hydrogen-bond donors (Lipinski definition) is 1. The molecule has 112 valence electrons. The van der Waals surface area contributed by atoms with Crippen molar-refractivity contribution < 1.29 is 19.4 Å². The quantitative estimate of drug-likeness (QED) is 0.635. The molecule has 1 aromatic carbocycles. The molecule has 1 unspecified atom stereocenters. The molecule has 1 saturated heterocycles. The largest absolute Gasteiger partial charge is 0.448 e. The van der Waals surface area contributed by atoms with Crippen LogP contribution in [-0.4, -0.2) is 22.5 Å². The van der Waals surface area contributed by atoms with Crippen LogP contribution in [0.25, 0.3) is 0 Å². The molecule has 21 heavy (non-hydrogen) atoms. The SMILES string of the molecule is O=C1OC2(CCCCC2)C(=O)C1(O)c1cc(Cl)cc(Cl)c1. The van der Waals surface area contributed by atoms with Gasteiger partial charge in [-0.15, -0.1) is 0 Å². The second kappa shape index (κ2) is 4.97. The van der Waals surface area contributed by atoms with Crippen molar-refractivity contribution in [2.24, 2.45) is 0 Å². The standard InChI is InChI=1S/C15H14Cl2O4/c16-10-6-9(7-11(17)8-10)15(20)12(18)14(21-13(15)19)4-2-1-3-5-14/h6-8,20H,1-5H2. The first kappa shape index (κ1) is 14.8. The molecular formula is C15H14Cl2O4. The zero-order valence-electron chi connectivity index (χ0n) is 11.2. The number of ketones is 1. The van der Waals surface area contributed by atoms with E-state index in [1.54, 1.807) is 0 Å². The lowest BCUT2D eigenvalue weighted by Crippen LogP contribution is -2.46. The van der Waals surface area contributed by atoms with Crippen molar-refractivity contribution in [3.05, 3.63) is 33.8 Å². The minimum atomic E-state index is -2.31. The van der Waals surface area contributed by atoms with Crippen molar-refractivity contribution in [1.29, 1.82) is 0 Å². The third kappa shape index (κ3) is 2.17. The lowest BCUT2D eigenvalue weighted by atomic mass is 9.76. The van der Waals surface area contributed by atoms with Gasteiger partial charge in [0, 0.05) is 15.6 Å². The number of carbonyl (C=O) groups is 2. The zero-order valence-corrected chi connectivity index (χ0v) is 12.7. The average Bonchev–Trinajstić information content (AvgIpc) is 2.61. The number of aliphatic hydroxyl groups is 1. The third-order valence-electron chi connectivity index (χ3n) is 4.27. The Morgan fingerprint density at radius 1 is 1.00 bits per heavy atom. The van der Waals surface area contributed by atoms with Crippen molar-refractivity contribution in [2.45, 2.75) is 43.3 Å². The summed E-state index contributed by atoms with van der Waals surface area (Å²) in [5.41, 5.74) is -3.44. The van der Waals surface area contributed by atoms with Crippen LogP contribution in [0.1, 0.15) is 37.7 Å². The molecule has 0 radical (unpaired) electrons. The van der Waals surface area contributed by atoms with Crippen LogP contribution in [0.3, 0.4) is 0 Å². The normalized spacial score (nSPS) is 28.0. The maximum atomic E-state index is 12.8. The van der Waals surface area contributed by atoms with Gasteiger partial charge >= 0.3 is 5.97 Å². The average molecular weight is 329 g/mol. The Morgan fingerprint density at radius 3 is 2.14 bits per heavy atom. The highest BCUT2D eigenvalue weighted by Crippen LogP contribution is 2.46. The van der Waals surface area contributed by atoms with Gasteiger partial charge in [0.15, 0.2) is 5.60 Å². The molecular weight excluding hydrogens is 315 g/mol. The summed E-state index contributed by atoms with van der Waals surface area (Å²) < 4.78 is 5.33. The second-order valence-corrected chi connectivity index (χ2v) is 6.51. The molecule has 3 rings (SSSR count). The first-order valence-electron chi connectivity index (χ1n) is 6.86. The maximum Gasteiger partial charge on any atom is 0.352 e. The predicted octanol–water partition coefficient (Wildman–Crippen LogP) is 3.01. The zero-order chi connectivity index (χ0) is 15.3. The number of ether oxygens (including phenoxy) is 1. The summed E-state index contributed by atoms with van der Waals surface area (Å²) >= 11 is 11.8. The van der Waals surface area contributed by atoms with Crippen LogP contribution >= 0.6 is 23.2 Å². The molecule has 2 fully saturated rings. The summed E-state index contributed by atoms with van der Waals surface area (Å²) in [4.78, 5) is 25.0. The predicted molar refractivity (Wildman–Crippen MR) is 77.3 cm³/mol. The van der Waals surface area contributed by atoms with Gasteiger partial charge in [-0.1, -0.05) is 29.6 Å². The van der Waals surface area contributed by atoms with Crippen LogP contribution in [0.15, 0.2) is 18.2 Å². The summed E-state index contributed by atoms with van der Waals surface area (Å²) in [5.74, 6) is -1.54. The highest BCUT2D eigenvalue weighted by atomic mass is 35.5. The molecule has 0 amide bonds. The Labute approximate surface area is 132 Å². The molecule has 6 heteroatoms. The number of Topliss-reactive ketones (excluding diaryl/α,β-unsaturated/α-hetero) is 1. The molecule has 0 aromatic heterocycles. The molecule has 0 bridgehead atoms. The number of carbonyl (C=O) groups excluding carboxylic acids is 2. The van der Waals surface area contributed by atoms with E-state index in [9.17, 15) is 14.7 Å². The molecule has 1 atom stereocenters. The van der Waals surface area contributed by atoms with Gasteiger partial charge in [-0.2, -0.15) is 0 Å². The summed E-state index contributed by atoms with van der Waals surface area (Å²) in [5, 5.41) is 11.2. The molecule has 1 N–H and O–H groups in total. The van der Waals surface area contributed by atoms with Crippen LogP contribution in [0, 0.1) is 0 Å². The molecule has 1 aliphatic carbocycles. The lowest BCUT2D eigenvalue weighted by molar-refractivity contribution is -0.161. The minimum Gasteiger partial charge on any atom is -0.448 e. The number of esters is 1. The number of benzene rings is 1. The van der Waals surface area contributed by atoms with Crippen LogP contribution in [-0.2, 0) is 19.9 Å². The Kier molecular flexibility index (Phi) is 3.51. The second-order valence-electron chi connectivity index (χ2n) is 5.64. The summed E-state index contributed by atoms with van der Waals surface area (Å²) in [6.45, 7) is 0. The van der Waals surface area contributed by atoms with Crippen molar-refractivity contribution in [3.8, 4) is 0 Å². The number of rotatable bonds is 1. The third-order valence-corrected chi connectivity index (χ3v) is 4.70. The van der Waals surface area contributed by atoms with E-state index in [0.29, 0.717) is 12.8 Å². The van der Waals surface area contributed by atoms with Crippen molar-refractivity contribution in [1.82, 2.24) is 0 Å². The highest BCUT2D eigenvalue weighted by molar-refractivity contribution is 6.35. The Morgan fingerprint density at radius 2 is 1.57 bits per heavy atom. The molecule has 1 heterocycles. The number of halogens is 2. The monoisotopic (exact) mass is 328 g/mol. The fourth-order valence-electron chi connectivity index (χ4n) is 3.18. The lowest BCUT2D eigenvalue weighted by Gasteiger charge is -2.30. The van der Waals surface area contributed by atoms with E-state index in [2.05, 4.69) is 0 Å². The van der Waals surface area contributed by atoms with Crippen LogP contribution in [0.5, 0.6) is 0 Å². The van der Waals surface area contributed by atoms with Crippen molar-refractivity contribution >= 4 is 35.0 Å². The van der Waals surface area contributed by atoms with E-state index >= 15 is 0 Å². The summed E-state index contributed by atoms with van der Waals surface area (Å²) in [6, 6.07) is 4.21. The van der Waals surface area contributed by atoms with Gasteiger partial charge in [0.2, 0.25) is 5.78 Å². The van der Waals surface area contributed by atoms with Gasteiger partial charge in [-0.05, 0) is 43.9 Å². The van der Waals surface area contributed by atoms with E-state index in [1.165, 1.54) is 18.2 Å². The fraction of sp³-hybridized carbons (Fsp3) is 0.467. The van der Waals surface area contributed by atoms with Gasteiger partial charge < -0.3 is 9.84 Å². The summed E-state index contributed by atoms with van der Waals surface area (Å²) in [7, 11) is 0. The molecule has 1 aromatic rings. The molecule has 2 aliphatic rings. The van der Waals surface area contributed by atoms with E-state index in [-0.39, 0.29) is 15.6 Å². The summed E-state index contributed by atoms with van der Waals surface area (Å²) in [6.07, 6.45) is 3.49. The van der Waals surface area contributed by atoms with E-state index in [4.69, 9.17) is 27.9 Å². The van der Waals surface area contributed by atoms with Crippen molar-refractivity contribution in [3.63, 3.8) is 0 Å². The van der Waals surface area contributed by atoms with Gasteiger partial charge in [0.05, 0.1) is 0 Å². The Bertz CT molecular complexity index is 602. The van der Waals surface area contributed by atoms with Gasteiger partial charge in [-0.25, -0.2) is 4.79 Å². The Hall–Kier alpha value is -1.10. The van der Waals surface area contributed by atoms with Crippen LogP contribution in [0.4, 0.5) is 0 Å². The van der Waals surface area contributed by atoms with E-state index < -0.39 is 23.0 Å². The van der Waals surface area contributed by atoms with Gasteiger partial charge in [0.25, 0.3) is 5.60 Å². The number of hydrogen-bond acceptors (Lipinski definition) is 4. The molecule has 1 aliphatic heterocycles.